The summed E-state index contributed by atoms with van der Waals surface area (Å²) in [4.78, 5) is 17.1. The molecule has 180 valence electrons. The lowest BCUT2D eigenvalue weighted by Gasteiger charge is -2.14. The van der Waals surface area contributed by atoms with Gasteiger partial charge in [-0.1, -0.05) is 60.2 Å². The molecule has 1 amide bonds. The smallest absolute Gasteiger partial charge is 0.348 e. The molecule has 5 aromatic rings. The molecule has 1 N–H and O–H groups in total. The number of halogens is 3. The van der Waals surface area contributed by atoms with Crippen LogP contribution in [0.1, 0.15) is 27.2 Å². The summed E-state index contributed by atoms with van der Waals surface area (Å²) in [6, 6.07) is 21.7. The summed E-state index contributed by atoms with van der Waals surface area (Å²) >= 11 is 0. The van der Waals surface area contributed by atoms with Crippen molar-refractivity contribution in [3.05, 3.63) is 114 Å². The van der Waals surface area contributed by atoms with Gasteiger partial charge in [-0.15, -0.1) is 0 Å². The van der Waals surface area contributed by atoms with Crippen molar-refractivity contribution in [2.75, 3.05) is 0 Å². The van der Waals surface area contributed by atoms with E-state index in [0.717, 1.165) is 43.9 Å². The molecule has 2 heterocycles. The summed E-state index contributed by atoms with van der Waals surface area (Å²) in [5.74, 6) is -0.857. The number of hydrogen-bond donors (Lipinski definition) is 1. The number of benzene rings is 3. The number of fused-ring (bicyclic) bond motifs is 1. The molecule has 36 heavy (non-hydrogen) atoms. The minimum atomic E-state index is -4.77. The number of amides is 1. The first-order valence-electron chi connectivity index (χ1n) is 11.2. The highest BCUT2D eigenvalue weighted by Gasteiger charge is 2.40. The summed E-state index contributed by atoms with van der Waals surface area (Å²) in [5.41, 5.74) is 2.49. The normalized spacial score (nSPS) is 11.6. The average Bonchev–Trinajstić information content (AvgIpc) is 3.34. The lowest BCUT2D eigenvalue weighted by atomic mass is 9.95. The van der Waals surface area contributed by atoms with Crippen LogP contribution in [0.25, 0.3) is 27.6 Å². The van der Waals surface area contributed by atoms with Crippen molar-refractivity contribution in [1.29, 1.82) is 0 Å². The first kappa shape index (κ1) is 23.3. The molecule has 0 fully saturated rings. The number of nitrogens with zero attached hydrogens (tertiary/aromatic N) is 3. The van der Waals surface area contributed by atoms with E-state index in [4.69, 9.17) is 0 Å². The lowest BCUT2D eigenvalue weighted by Crippen LogP contribution is -2.26. The molecule has 0 saturated heterocycles. The summed E-state index contributed by atoms with van der Waals surface area (Å²) in [6.07, 6.45) is -0.432. The van der Waals surface area contributed by atoms with E-state index in [1.165, 1.54) is 12.1 Å². The van der Waals surface area contributed by atoms with E-state index in [1.54, 1.807) is 30.6 Å². The third-order valence-electron chi connectivity index (χ3n) is 5.96. The molecule has 3 aromatic carbocycles. The fourth-order valence-electron chi connectivity index (χ4n) is 4.29. The molecule has 0 unspecified atom stereocenters. The maximum atomic E-state index is 13.9. The van der Waals surface area contributed by atoms with Crippen LogP contribution in [0, 0.1) is 6.92 Å². The number of para-hydroxylation sites is 1. The van der Waals surface area contributed by atoms with Crippen LogP contribution >= 0.6 is 0 Å². The minimum Gasteiger partial charge on any atom is -0.348 e. The largest absolute Gasteiger partial charge is 0.434 e. The summed E-state index contributed by atoms with van der Waals surface area (Å²) in [7, 11) is 0. The van der Waals surface area contributed by atoms with E-state index in [2.05, 4.69) is 21.5 Å². The predicted molar refractivity (Wildman–Crippen MR) is 132 cm³/mol. The number of pyridine rings is 1. The van der Waals surface area contributed by atoms with Gasteiger partial charge in [-0.2, -0.15) is 18.3 Å². The quantitative estimate of drug-likeness (QED) is 0.315. The van der Waals surface area contributed by atoms with Crippen molar-refractivity contribution in [3.8, 4) is 16.8 Å². The number of hydrogen-bond acceptors (Lipinski definition) is 3. The number of carbonyl (C=O) groups excluding carboxylic acids is 1. The van der Waals surface area contributed by atoms with Crippen LogP contribution in [-0.2, 0) is 12.7 Å². The Labute approximate surface area is 205 Å². The molecule has 0 atom stereocenters. The fourth-order valence-corrected chi connectivity index (χ4v) is 4.29. The van der Waals surface area contributed by atoms with E-state index in [-0.39, 0.29) is 12.2 Å². The summed E-state index contributed by atoms with van der Waals surface area (Å²) in [6.45, 7) is 2.05. The predicted octanol–water partition coefficient (Wildman–Crippen LogP) is 6.34. The van der Waals surface area contributed by atoms with Gasteiger partial charge in [-0.3, -0.25) is 9.78 Å². The SMILES string of the molecule is Cc1cccc(-c2ccc(CNC(=O)c3cnn(-c4ccccc4)c3C(F)(F)F)c3cnccc23)c1. The number of aryl methyl sites for hydroxylation is 1. The van der Waals surface area contributed by atoms with Gasteiger partial charge >= 0.3 is 6.18 Å². The van der Waals surface area contributed by atoms with Gasteiger partial charge in [0.15, 0.2) is 5.69 Å². The van der Waals surface area contributed by atoms with Crippen LogP contribution in [-0.4, -0.2) is 20.7 Å². The molecule has 0 radical (unpaired) electrons. The van der Waals surface area contributed by atoms with Crippen LogP contribution in [0.2, 0.25) is 0 Å². The van der Waals surface area contributed by atoms with Gasteiger partial charge in [0.05, 0.1) is 17.4 Å². The van der Waals surface area contributed by atoms with Crippen molar-refractivity contribution in [2.45, 2.75) is 19.6 Å². The van der Waals surface area contributed by atoms with Crippen molar-refractivity contribution >= 4 is 16.7 Å². The van der Waals surface area contributed by atoms with Crippen LogP contribution in [0.15, 0.2) is 91.4 Å². The van der Waals surface area contributed by atoms with Gasteiger partial charge < -0.3 is 5.32 Å². The molecule has 0 aliphatic carbocycles. The monoisotopic (exact) mass is 486 g/mol. The van der Waals surface area contributed by atoms with Gasteiger partial charge in [0.2, 0.25) is 0 Å². The minimum absolute atomic E-state index is 0.0307. The zero-order valence-electron chi connectivity index (χ0n) is 19.3. The summed E-state index contributed by atoms with van der Waals surface area (Å²) < 4.78 is 42.6. The second-order valence-corrected chi connectivity index (χ2v) is 8.40. The van der Waals surface area contributed by atoms with Crippen molar-refractivity contribution in [3.63, 3.8) is 0 Å². The third kappa shape index (κ3) is 4.45. The van der Waals surface area contributed by atoms with Crippen LogP contribution in [0.4, 0.5) is 13.2 Å². The molecule has 5 nitrogen and oxygen atoms in total. The van der Waals surface area contributed by atoms with Gasteiger partial charge in [-0.25, -0.2) is 4.68 Å². The standard InChI is InChI=1S/C28H21F3N4O/c1-18-6-5-7-19(14-18)22-11-10-20(24-16-32-13-12-23(22)24)15-33-27(36)25-17-34-35(26(25)28(29,30)31)21-8-3-2-4-9-21/h2-14,16-17H,15H2,1H3,(H,33,36). The first-order chi connectivity index (χ1) is 17.3. The Morgan fingerprint density at radius 1 is 0.944 bits per heavy atom. The fraction of sp³-hybridized carbons (Fsp3) is 0.107. The molecule has 8 heteroatoms. The molecule has 2 aromatic heterocycles. The molecule has 0 aliphatic heterocycles. The number of carbonyl (C=O) groups is 1. The lowest BCUT2D eigenvalue weighted by molar-refractivity contribution is -0.143. The molecular formula is C28H21F3N4O. The maximum Gasteiger partial charge on any atom is 0.434 e. The zero-order valence-corrected chi connectivity index (χ0v) is 19.3. The van der Waals surface area contributed by atoms with E-state index in [9.17, 15) is 18.0 Å². The Kier molecular flexibility index (Phi) is 6.01. The maximum absolute atomic E-state index is 13.9. The van der Waals surface area contributed by atoms with E-state index in [0.29, 0.717) is 0 Å². The molecule has 0 bridgehead atoms. The number of aromatic nitrogens is 3. The van der Waals surface area contributed by atoms with Crippen molar-refractivity contribution in [2.24, 2.45) is 0 Å². The van der Waals surface area contributed by atoms with E-state index in [1.807, 2.05) is 43.3 Å². The van der Waals surface area contributed by atoms with E-state index >= 15 is 0 Å². The second kappa shape index (κ2) is 9.30. The van der Waals surface area contributed by atoms with Crippen LogP contribution in [0.5, 0.6) is 0 Å². The highest BCUT2D eigenvalue weighted by atomic mass is 19.4. The Hall–Kier alpha value is -4.46. The Balaban J connectivity index is 1.46. The zero-order chi connectivity index (χ0) is 25.3. The Bertz CT molecular complexity index is 1560. The highest BCUT2D eigenvalue weighted by Crippen LogP contribution is 2.34. The number of alkyl halides is 3. The van der Waals surface area contributed by atoms with E-state index < -0.39 is 23.3 Å². The molecule has 0 spiro atoms. The Morgan fingerprint density at radius 3 is 2.50 bits per heavy atom. The van der Waals surface area contributed by atoms with Gasteiger partial charge in [-0.05, 0) is 47.2 Å². The van der Waals surface area contributed by atoms with Crippen LogP contribution < -0.4 is 5.32 Å². The average molecular weight is 486 g/mol. The highest BCUT2D eigenvalue weighted by molar-refractivity contribution is 5.99. The van der Waals surface area contributed by atoms with Gasteiger partial charge in [0.25, 0.3) is 5.91 Å². The molecule has 0 saturated carbocycles. The molecular weight excluding hydrogens is 465 g/mol. The first-order valence-corrected chi connectivity index (χ1v) is 11.2. The van der Waals surface area contributed by atoms with Crippen LogP contribution in [0.3, 0.4) is 0 Å². The van der Waals surface area contributed by atoms with Crippen molar-refractivity contribution < 1.29 is 18.0 Å². The number of nitrogens with one attached hydrogen (secondary N) is 1. The molecule has 5 rings (SSSR count). The van der Waals surface area contributed by atoms with Gasteiger partial charge in [0.1, 0.15) is 0 Å². The summed E-state index contributed by atoms with van der Waals surface area (Å²) in [5, 5.41) is 8.24. The second-order valence-electron chi connectivity index (χ2n) is 8.40. The topological polar surface area (TPSA) is 59.8 Å². The number of rotatable bonds is 5. The molecule has 0 aliphatic rings. The Morgan fingerprint density at radius 2 is 1.75 bits per heavy atom. The third-order valence-corrected chi connectivity index (χ3v) is 5.96. The van der Waals surface area contributed by atoms with Gasteiger partial charge in [0, 0.05) is 24.3 Å². The van der Waals surface area contributed by atoms with Crippen molar-refractivity contribution in [1.82, 2.24) is 20.1 Å².